The second kappa shape index (κ2) is 4.02. The van der Waals surface area contributed by atoms with Gasteiger partial charge in [0.05, 0.1) is 10.7 Å². The molecule has 0 aliphatic carbocycles. The van der Waals surface area contributed by atoms with Gasteiger partial charge in [-0.15, -0.1) is 0 Å². The molecule has 3 heteroatoms. The first-order valence-electron chi connectivity index (χ1n) is 3.48. The maximum atomic E-state index is 10.0. The van der Waals surface area contributed by atoms with Gasteiger partial charge in [0.25, 0.3) is 0 Å². The van der Waals surface area contributed by atoms with Crippen LogP contribution in [-0.2, 0) is 4.79 Å². The number of aromatic nitrogens is 1. The molecule has 0 aliphatic heterocycles. The molecular formula is C9H8ClNO. The van der Waals surface area contributed by atoms with Crippen molar-refractivity contribution in [2.75, 3.05) is 0 Å². The van der Waals surface area contributed by atoms with Gasteiger partial charge < -0.3 is 0 Å². The number of carbonyl (C=O) groups excluding carboxylic acids is 1. The first-order chi connectivity index (χ1) is 5.74. The van der Waals surface area contributed by atoms with Gasteiger partial charge in [0, 0.05) is 6.20 Å². The van der Waals surface area contributed by atoms with E-state index >= 15 is 0 Å². The van der Waals surface area contributed by atoms with E-state index in [0.29, 0.717) is 5.02 Å². The van der Waals surface area contributed by atoms with Crippen molar-refractivity contribution in [2.45, 2.75) is 6.92 Å². The second-order valence-corrected chi connectivity index (χ2v) is 2.79. The number of hydrogen-bond donors (Lipinski definition) is 0. The van der Waals surface area contributed by atoms with E-state index in [-0.39, 0.29) is 0 Å². The number of nitrogens with zero attached hydrogens (tertiary/aromatic N) is 1. The number of allylic oxidation sites excluding steroid dienone is 1. The smallest absolute Gasteiger partial charge is 0.142 e. The van der Waals surface area contributed by atoms with Crippen molar-refractivity contribution < 1.29 is 4.79 Å². The van der Waals surface area contributed by atoms with E-state index in [2.05, 4.69) is 4.98 Å². The summed E-state index contributed by atoms with van der Waals surface area (Å²) in [6.07, 6.45) is 5.33. The number of rotatable bonds is 2. The Morgan fingerprint density at radius 2 is 2.33 bits per heavy atom. The van der Waals surface area contributed by atoms with E-state index in [9.17, 15) is 4.79 Å². The molecule has 0 atom stereocenters. The van der Waals surface area contributed by atoms with Crippen LogP contribution in [0.15, 0.2) is 18.3 Å². The van der Waals surface area contributed by atoms with Crippen molar-refractivity contribution in [3.8, 4) is 0 Å². The van der Waals surface area contributed by atoms with Crippen molar-refractivity contribution in [1.29, 1.82) is 0 Å². The standard InChI is InChI=1S/C9H8ClNO/c1-7-5-8(10)6-11-9(7)3-2-4-12/h2-6H,1H3. The molecule has 0 radical (unpaired) electrons. The predicted octanol–water partition coefficient (Wildman–Crippen LogP) is 2.26. The maximum Gasteiger partial charge on any atom is 0.142 e. The summed E-state index contributed by atoms with van der Waals surface area (Å²) in [5.74, 6) is 0. The molecule has 1 aromatic heterocycles. The van der Waals surface area contributed by atoms with Crippen LogP contribution in [0.5, 0.6) is 0 Å². The van der Waals surface area contributed by atoms with Gasteiger partial charge in [-0.2, -0.15) is 0 Å². The minimum atomic E-state index is 0.607. The first-order valence-corrected chi connectivity index (χ1v) is 3.86. The fraction of sp³-hybridized carbons (Fsp3) is 0.111. The Morgan fingerprint density at radius 3 is 2.92 bits per heavy atom. The molecule has 62 valence electrons. The normalized spacial score (nSPS) is 10.5. The number of aldehydes is 1. The van der Waals surface area contributed by atoms with Crippen molar-refractivity contribution in [3.05, 3.63) is 34.6 Å². The van der Waals surface area contributed by atoms with E-state index < -0.39 is 0 Å². The lowest BCUT2D eigenvalue weighted by Gasteiger charge is -1.97. The number of carbonyl (C=O) groups is 1. The summed E-state index contributed by atoms with van der Waals surface area (Å²) in [6, 6.07) is 1.80. The van der Waals surface area contributed by atoms with Crippen LogP contribution in [0.3, 0.4) is 0 Å². The average molecular weight is 182 g/mol. The van der Waals surface area contributed by atoms with Crippen LogP contribution in [-0.4, -0.2) is 11.3 Å². The molecule has 0 unspecified atom stereocenters. The van der Waals surface area contributed by atoms with E-state index in [4.69, 9.17) is 11.6 Å². The van der Waals surface area contributed by atoms with Gasteiger partial charge in [0.2, 0.25) is 0 Å². The molecule has 0 saturated heterocycles. The van der Waals surface area contributed by atoms with E-state index in [1.165, 1.54) is 6.08 Å². The molecule has 1 rings (SSSR count). The van der Waals surface area contributed by atoms with Gasteiger partial charge in [-0.3, -0.25) is 9.78 Å². The summed E-state index contributed by atoms with van der Waals surface area (Å²) in [6.45, 7) is 1.89. The predicted molar refractivity (Wildman–Crippen MR) is 49.1 cm³/mol. The van der Waals surface area contributed by atoms with Gasteiger partial charge in [0.15, 0.2) is 0 Å². The SMILES string of the molecule is Cc1cc(Cl)cnc1C=CC=O. The molecule has 0 spiro atoms. The molecule has 0 bridgehead atoms. The monoisotopic (exact) mass is 181 g/mol. The Kier molecular flexibility index (Phi) is 3.00. The lowest BCUT2D eigenvalue weighted by molar-refractivity contribution is -0.104. The molecule has 0 fully saturated rings. The molecule has 0 N–H and O–H groups in total. The highest BCUT2D eigenvalue weighted by atomic mass is 35.5. The van der Waals surface area contributed by atoms with Crippen LogP contribution in [0.25, 0.3) is 6.08 Å². The number of pyridine rings is 1. The maximum absolute atomic E-state index is 10.0. The zero-order valence-electron chi connectivity index (χ0n) is 6.62. The Bertz CT molecular complexity index is 320. The topological polar surface area (TPSA) is 30.0 Å². The van der Waals surface area contributed by atoms with Crippen LogP contribution < -0.4 is 0 Å². The van der Waals surface area contributed by atoms with Gasteiger partial charge in [0.1, 0.15) is 6.29 Å². The van der Waals surface area contributed by atoms with Crippen molar-refractivity contribution in [1.82, 2.24) is 4.98 Å². The molecule has 2 nitrogen and oxygen atoms in total. The molecule has 1 aromatic rings. The summed E-state index contributed by atoms with van der Waals surface area (Å²) in [5, 5.41) is 0.607. The summed E-state index contributed by atoms with van der Waals surface area (Å²) < 4.78 is 0. The second-order valence-electron chi connectivity index (χ2n) is 2.35. The molecular weight excluding hydrogens is 174 g/mol. The average Bonchev–Trinajstić information content (AvgIpc) is 2.03. The van der Waals surface area contributed by atoms with Crippen molar-refractivity contribution >= 4 is 24.0 Å². The van der Waals surface area contributed by atoms with Gasteiger partial charge in [-0.1, -0.05) is 11.6 Å². The van der Waals surface area contributed by atoms with Crippen LogP contribution in [0.4, 0.5) is 0 Å². The van der Waals surface area contributed by atoms with Crippen LogP contribution >= 0.6 is 11.6 Å². The van der Waals surface area contributed by atoms with Crippen molar-refractivity contribution in [3.63, 3.8) is 0 Å². The van der Waals surface area contributed by atoms with E-state index in [1.807, 2.05) is 6.92 Å². The molecule has 0 aliphatic rings. The minimum Gasteiger partial charge on any atom is -0.299 e. The summed E-state index contributed by atoms with van der Waals surface area (Å²) in [5.41, 5.74) is 1.73. The largest absolute Gasteiger partial charge is 0.299 e. The lowest BCUT2D eigenvalue weighted by Crippen LogP contribution is -1.85. The molecule has 0 saturated carbocycles. The van der Waals surface area contributed by atoms with Gasteiger partial charge in [-0.05, 0) is 30.7 Å². The Labute approximate surface area is 75.9 Å². The highest BCUT2D eigenvalue weighted by Crippen LogP contribution is 2.12. The Hall–Kier alpha value is -1.15. The van der Waals surface area contributed by atoms with Crippen LogP contribution in [0.2, 0.25) is 5.02 Å². The molecule has 12 heavy (non-hydrogen) atoms. The zero-order valence-corrected chi connectivity index (χ0v) is 7.38. The Morgan fingerprint density at radius 1 is 1.58 bits per heavy atom. The Balaban J connectivity index is 3.01. The van der Waals surface area contributed by atoms with Crippen LogP contribution in [0.1, 0.15) is 11.3 Å². The van der Waals surface area contributed by atoms with E-state index in [1.54, 1.807) is 18.3 Å². The highest BCUT2D eigenvalue weighted by Gasteiger charge is 1.95. The minimum absolute atomic E-state index is 0.607. The molecule has 0 aromatic carbocycles. The molecule has 0 amide bonds. The van der Waals surface area contributed by atoms with Gasteiger partial charge >= 0.3 is 0 Å². The third-order valence-corrected chi connectivity index (χ3v) is 1.62. The fourth-order valence-electron chi connectivity index (χ4n) is 0.856. The number of halogens is 1. The van der Waals surface area contributed by atoms with Gasteiger partial charge in [-0.25, -0.2) is 0 Å². The van der Waals surface area contributed by atoms with Crippen LogP contribution in [0, 0.1) is 6.92 Å². The number of aryl methyl sites for hydroxylation is 1. The van der Waals surface area contributed by atoms with E-state index in [0.717, 1.165) is 17.5 Å². The zero-order chi connectivity index (χ0) is 8.97. The summed E-state index contributed by atoms with van der Waals surface area (Å²) in [4.78, 5) is 14.1. The summed E-state index contributed by atoms with van der Waals surface area (Å²) in [7, 11) is 0. The first kappa shape index (κ1) is 8.94. The third-order valence-electron chi connectivity index (χ3n) is 1.42. The summed E-state index contributed by atoms with van der Waals surface area (Å²) >= 11 is 5.69. The fourth-order valence-corrected chi connectivity index (χ4v) is 1.07. The molecule has 1 heterocycles. The van der Waals surface area contributed by atoms with Crippen molar-refractivity contribution in [2.24, 2.45) is 0 Å². The lowest BCUT2D eigenvalue weighted by atomic mass is 10.2. The quantitative estimate of drug-likeness (QED) is 0.518. The number of hydrogen-bond acceptors (Lipinski definition) is 2. The third kappa shape index (κ3) is 2.17. The highest BCUT2D eigenvalue weighted by molar-refractivity contribution is 6.30.